The number of halogens is 1. The fraction of sp³-hybridized carbons (Fsp3) is 0.632. The molecule has 0 aromatic heterocycles. The van der Waals surface area contributed by atoms with Gasteiger partial charge in [0.1, 0.15) is 0 Å². The van der Waals surface area contributed by atoms with E-state index in [1.54, 1.807) is 7.11 Å². The monoisotopic (exact) mass is 443 g/mol. The van der Waals surface area contributed by atoms with Crippen molar-refractivity contribution in [2.75, 3.05) is 40.4 Å². The third-order valence-electron chi connectivity index (χ3n) is 5.20. The normalized spacial score (nSPS) is 23.6. The van der Waals surface area contributed by atoms with Gasteiger partial charge in [-0.15, -0.1) is 24.0 Å². The Hall–Kier alpha value is -0.820. The van der Waals surface area contributed by atoms with Gasteiger partial charge in [0.15, 0.2) is 5.96 Å². The van der Waals surface area contributed by atoms with E-state index in [0.29, 0.717) is 11.8 Å². The van der Waals surface area contributed by atoms with Crippen molar-refractivity contribution in [3.63, 3.8) is 0 Å². The minimum Gasteiger partial charge on any atom is -0.384 e. The minimum atomic E-state index is 0. The predicted molar refractivity (Wildman–Crippen MR) is 110 cm³/mol. The zero-order chi connectivity index (χ0) is 16.1. The van der Waals surface area contributed by atoms with Gasteiger partial charge in [-0.25, -0.2) is 0 Å². The fourth-order valence-corrected chi connectivity index (χ4v) is 4.01. The molecule has 134 valence electrons. The molecule has 24 heavy (non-hydrogen) atoms. The van der Waals surface area contributed by atoms with E-state index in [0.717, 1.165) is 32.2 Å². The van der Waals surface area contributed by atoms with Crippen molar-refractivity contribution in [2.24, 2.45) is 10.9 Å². The number of hydrogen-bond acceptors (Lipinski definition) is 2. The number of guanidine groups is 1. The first-order valence-corrected chi connectivity index (χ1v) is 8.84. The lowest BCUT2D eigenvalue weighted by Crippen LogP contribution is -2.42. The summed E-state index contributed by atoms with van der Waals surface area (Å²) in [7, 11) is 3.68. The van der Waals surface area contributed by atoms with Gasteiger partial charge in [0.05, 0.1) is 6.61 Å². The summed E-state index contributed by atoms with van der Waals surface area (Å²) in [6, 6.07) is 8.91. The van der Waals surface area contributed by atoms with Crippen molar-refractivity contribution in [2.45, 2.75) is 31.6 Å². The molecule has 1 heterocycles. The van der Waals surface area contributed by atoms with E-state index in [-0.39, 0.29) is 24.0 Å². The first-order chi connectivity index (χ1) is 11.3. The van der Waals surface area contributed by atoms with Gasteiger partial charge in [0, 0.05) is 45.6 Å². The van der Waals surface area contributed by atoms with Gasteiger partial charge < -0.3 is 15.0 Å². The van der Waals surface area contributed by atoms with Crippen LogP contribution in [0.15, 0.2) is 29.3 Å². The lowest BCUT2D eigenvalue weighted by atomic mass is 9.83. The van der Waals surface area contributed by atoms with E-state index in [1.807, 2.05) is 7.05 Å². The van der Waals surface area contributed by atoms with Crippen molar-refractivity contribution < 1.29 is 4.74 Å². The molecule has 4 nitrogen and oxygen atoms in total. The van der Waals surface area contributed by atoms with E-state index in [4.69, 9.17) is 4.74 Å². The van der Waals surface area contributed by atoms with Gasteiger partial charge in [-0.1, -0.05) is 24.3 Å². The Kier molecular flexibility index (Phi) is 7.81. The number of benzene rings is 1. The number of ether oxygens (including phenoxy) is 1. The maximum atomic E-state index is 5.29. The number of aliphatic imine (C=N–C) groups is 1. The van der Waals surface area contributed by atoms with Crippen LogP contribution in [0, 0.1) is 5.92 Å². The maximum Gasteiger partial charge on any atom is 0.193 e. The fourth-order valence-electron chi connectivity index (χ4n) is 4.01. The van der Waals surface area contributed by atoms with Crippen molar-refractivity contribution in [1.29, 1.82) is 0 Å². The predicted octanol–water partition coefficient (Wildman–Crippen LogP) is 3.27. The van der Waals surface area contributed by atoms with Gasteiger partial charge in [-0.3, -0.25) is 4.99 Å². The summed E-state index contributed by atoms with van der Waals surface area (Å²) in [6.45, 7) is 3.96. The first kappa shape index (κ1) is 19.5. The number of rotatable bonds is 4. The van der Waals surface area contributed by atoms with Crippen molar-refractivity contribution >= 4 is 29.9 Å². The zero-order valence-electron chi connectivity index (χ0n) is 14.8. The van der Waals surface area contributed by atoms with E-state index in [1.165, 1.54) is 36.8 Å². The molecule has 1 aliphatic heterocycles. The molecular weight excluding hydrogens is 413 g/mol. The van der Waals surface area contributed by atoms with Crippen molar-refractivity contribution in [1.82, 2.24) is 10.2 Å². The summed E-state index contributed by atoms with van der Waals surface area (Å²) in [6.07, 6.45) is 4.99. The Morgan fingerprint density at radius 1 is 1.33 bits per heavy atom. The van der Waals surface area contributed by atoms with Gasteiger partial charge >= 0.3 is 0 Å². The first-order valence-electron chi connectivity index (χ1n) is 8.84. The van der Waals surface area contributed by atoms with Crippen LogP contribution in [-0.2, 0) is 11.2 Å². The number of likely N-dealkylation sites (tertiary alicyclic amines) is 1. The molecular formula is C19H30IN3O. The van der Waals surface area contributed by atoms with Crippen LogP contribution in [0.3, 0.4) is 0 Å². The standard InChI is InChI=1S/C19H29N3O.HI/c1-20-19(22-11-10-15(13-22)14-23-2)21-12-17-8-5-7-16-6-3-4-9-18(16)17;/h3-4,6,9,15,17H,5,7-8,10-14H2,1-2H3,(H,20,21);1H. The van der Waals surface area contributed by atoms with Crippen LogP contribution in [0.5, 0.6) is 0 Å². The molecule has 2 aliphatic rings. The lowest BCUT2D eigenvalue weighted by Gasteiger charge is -2.28. The lowest BCUT2D eigenvalue weighted by molar-refractivity contribution is 0.157. The molecule has 1 saturated heterocycles. The average molecular weight is 443 g/mol. The quantitative estimate of drug-likeness (QED) is 0.441. The molecule has 0 spiro atoms. The van der Waals surface area contributed by atoms with E-state index in [2.05, 4.69) is 39.5 Å². The molecule has 1 N–H and O–H groups in total. The SMILES string of the molecule is CN=C(NCC1CCCc2ccccc21)N1CCC(COC)C1.I. The molecule has 3 rings (SSSR count). The van der Waals surface area contributed by atoms with Crippen LogP contribution in [-0.4, -0.2) is 51.3 Å². The van der Waals surface area contributed by atoms with Gasteiger partial charge in [0.25, 0.3) is 0 Å². The second kappa shape index (κ2) is 9.61. The Labute approximate surface area is 163 Å². The molecule has 1 aliphatic carbocycles. The van der Waals surface area contributed by atoms with Crippen LogP contribution in [0.1, 0.15) is 36.3 Å². The number of nitrogens with one attached hydrogen (secondary N) is 1. The topological polar surface area (TPSA) is 36.9 Å². The van der Waals surface area contributed by atoms with Crippen LogP contribution in [0.25, 0.3) is 0 Å². The maximum absolute atomic E-state index is 5.29. The number of fused-ring (bicyclic) bond motifs is 1. The van der Waals surface area contributed by atoms with Crippen LogP contribution in [0.4, 0.5) is 0 Å². The highest BCUT2D eigenvalue weighted by molar-refractivity contribution is 14.0. The molecule has 2 atom stereocenters. The molecule has 1 aromatic carbocycles. The van der Waals surface area contributed by atoms with E-state index >= 15 is 0 Å². The highest BCUT2D eigenvalue weighted by Gasteiger charge is 2.26. The number of nitrogens with zero attached hydrogens (tertiary/aromatic N) is 2. The molecule has 0 amide bonds. The highest BCUT2D eigenvalue weighted by Crippen LogP contribution is 2.30. The van der Waals surface area contributed by atoms with Crippen LogP contribution < -0.4 is 5.32 Å². The molecule has 5 heteroatoms. The minimum absolute atomic E-state index is 0. The molecule has 2 unspecified atom stereocenters. The highest BCUT2D eigenvalue weighted by atomic mass is 127. The van der Waals surface area contributed by atoms with Crippen LogP contribution >= 0.6 is 24.0 Å². The van der Waals surface area contributed by atoms with Crippen molar-refractivity contribution in [3.05, 3.63) is 35.4 Å². The number of methoxy groups -OCH3 is 1. The Morgan fingerprint density at radius 2 is 2.17 bits per heavy atom. The second-order valence-electron chi connectivity index (χ2n) is 6.77. The number of aryl methyl sites for hydroxylation is 1. The van der Waals surface area contributed by atoms with Crippen molar-refractivity contribution in [3.8, 4) is 0 Å². The Morgan fingerprint density at radius 3 is 2.96 bits per heavy atom. The van der Waals surface area contributed by atoms with E-state index < -0.39 is 0 Å². The molecule has 0 bridgehead atoms. The summed E-state index contributed by atoms with van der Waals surface area (Å²) in [5.41, 5.74) is 3.06. The van der Waals surface area contributed by atoms with Gasteiger partial charge in [-0.2, -0.15) is 0 Å². The largest absolute Gasteiger partial charge is 0.384 e. The summed E-state index contributed by atoms with van der Waals surface area (Å²) < 4.78 is 5.29. The molecule has 0 radical (unpaired) electrons. The summed E-state index contributed by atoms with van der Waals surface area (Å²) in [5, 5.41) is 3.62. The third kappa shape index (κ3) is 4.63. The Bertz CT molecular complexity index is 549. The zero-order valence-corrected chi connectivity index (χ0v) is 17.2. The average Bonchev–Trinajstić information content (AvgIpc) is 3.04. The summed E-state index contributed by atoms with van der Waals surface area (Å²) in [5.74, 6) is 2.29. The Balaban J connectivity index is 0.00000208. The van der Waals surface area contributed by atoms with E-state index in [9.17, 15) is 0 Å². The number of hydrogen-bond donors (Lipinski definition) is 1. The third-order valence-corrected chi connectivity index (χ3v) is 5.20. The molecule has 0 saturated carbocycles. The van der Waals surface area contributed by atoms with Gasteiger partial charge in [0.2, 0.25) is 0 Å². The molecule has 1 fully saturated rings. The smallest absolute Gasteiger partial charge is 0.193 e. The second-order valence-corrected chi connectivity index (χ2v) is 6.77. The van der Waals surface area contributed by atoms with Crippen LogP contribution in [0.2, 0.25) is 0 Å². The summed E-state index contributed by atoms with van der Waals surface area (Å²) in [4.78, 5) is 6.87. The van der Waals surface area contributed by atoms with Gasteiger partial charge in [-0.05, 0) is 36.8 Å². The summed E-state index contributed by atoms with van der Waals surface area (Å²) >= 11 is 0. The molecule has 1 aromatic rings.